The van der Waals surface area contributed by atoms with Gasteiger partial charge in [0.25, 0.3) is 5.92 Å². The maximum absolute atomic E-state index is 14.7. The average molecular weight is 359 g/mol. The fourth-order valence-electron chi connectivity index (χ4n) is 3.75. The smallest absolute Gasteiger partial charge is 0.257 e. The van der Waals surface area contributed by atoms with Crippen molar-refractivity contribution in [3.8, 4) is 0 Å². The predicted octanol–water partition coefficient (Wildman–Crippen LogP) is 2.36. The summed E-state index contributed by atoms with van der Waals surface area (Å²) in [5, 5.41) is 0. The third-order valence-electron chi connectivity index (χ3n) is 5.15. The molecule has 8 heteroatoms. The first-order valence-corrected chi connectivity index (χ1v) is 9.91. The maximum Gasteiger partial charge on any atom is 0.257 e. The van der Waals surface area contributed by atoms with Crippen LogP contribution in [-0.4, -0.2) is 55.6 Å². The van der Waals surface area contributed by atoms with E-state index in [0.29, 0.717) is 13.0 Å². The highest BCUT2D eigenvalue weighted by molar-refractivity contribution is 7.89. The second kappa shape index (κ2) is 6.22. The molecule has 0 unspecified atom stereocenters. The largest absolute Gasteiger partial charge is 0.369 e. The van der Waals surface area contributed by atoms with Gasteiger partial charge in [0.1, 0.15) is 0 Å². The Morgan fingerprint density at radius 2 is 2.04 bits per heavy atom. The van der Waals surface area contributed by atoms with Crippen LogP contribution in [0.3, 0.4) is 0 Å². The fourth-order valence-corrected chi connectivity index (χ4v) is 5.34. The van der Waals surface area contributed by atoms with Crippen molar-refractivity contribution in [2.75, 3.05) is 36.8 Å². The van der Waals surface area contributed by atoms with Crippen LogP contribution in [0.2, 0.25) is 0 Å². The number of nitrogens with zero attached hydrogens (tertiary/aromatic N) is 3. The third-order valence-corrected chi connectivity index (χ3v) is 7.17. The summed E-state index contributed by atoms with van der Waals surface area (Å²) in [7, 11) is -3.46. The molecule has 134 valence electrons. The topological polar surface area (TPSA) is 53.5 Å². The SMILES string of the molecule is CCCS(=O)(=O)N1CCC(F)(F)[C@@]2(CCN(c3cccnc3)C2)C1. The van der Waals surface area contributed by atoms with Crippen molar-refractivity contribution in [1.82, 2.24) is 9.29 Å². The molecule has 0 radical (unpaired) electrons. The predicted molar refractivity (Wildman–Crippen MR) is 88.7 cm³/mol. The van der Waals surface area contributed by atoms with Crippen LogP contribution in [0.5, 0.6) is 0 Å². The molecule has 0 amide bonds. The van der Waals surface area contributed by atoms with E-state index in [1.165, 1.54) is 4.31 Å². The molecule has 3 heterocycles. The van der Waals surface area contributed by atoms with Crippen LogP contribution in [0.1, 0.15) is 26.2 Å². The second-order valence-electron chi connectivity index (χ2n) is 6.77. The number of hydrogen-bond acceptors (Lipinski definition) is 4. The number of rotatable bonds is 4. The van der Waals surface area contributed by atoms with E-state index in [1.807, 2.05) is 11.0 Å². The minimum absolute atomic E-state index is 0.0149. The molecule has 2 saturated heterocycles. The molecular formula is C16H23F2N3O2S. The normalized spacial score (nSPS) is 27.7. The molecule has 3 rings (SSSR count). The number of aromatic nitrogens is 1. The van der Waals surface area contributed by atoms with Gasteiger partial charge < -0.3 is 4.90 Å². The average Bonchev–Trinajstić information content (AvgIpc) is 2.97. The summed E-state index contributed by atoms with van der Waals surface area (Å²) in [6.45, 7) is 2.24. The molecular weight excluding hydrogens is 336 g/mol. The van der Waals surface area contributed by atoms with Gasteiger partial charge in [-0.05, 0) is 25.0 Å². The van der Waals surface area contributed by atoms with Crippen LogP contribution >= 0.6 is 0 Å². The highest BCUT2D eigenvalue weighted by Crippen LogP contribution is 2.50. The Morgan fingerprint density at radius 3 is 2.71 bits per heavy atom. The van der Waals surface area contributed by atoms with E-state index in [2.05, 4.69) is 4.98 Å². The van der Waals surface area contributed by atoms with Gasteiger partial charge in [-0.3, -0.25) is 4.98 Å². The zero-order valence-electron chi connectivity index (χ0n) is 13.8. The number of piperidine rings is 1. The fraction of sp³-hybridized carbons (Fsp3) is 0.688. The quantitative estimate of drug-likeness (QED) is 0.828. The van der Waals surface area contributed by atoms with Gasteiger partial charge >= 0.3 is 0 Å². The van der Waals surface area contributed by atoms with Crippen molar-refractivity contribution in [3.63, 3.8) is 0 Å². The number of pyridine rings is 1. The molecule has 1 spiro atoms. The molecule has 0 aliphatic carbocycles. The Hall–Kier alpha value is -1.28. The Kier molecular flexibility index (Phi) is 4.55. The first-order chi connectivity index (χ1) is 11.3. The number of anilines is 1. The zero-order valence-corrected chi connectivity index (χ0v) is 14.6. The van der Waals surface area contributed by atoms with Crippen LogP contribution in [0, 0.1) is 5.41 Å². The first-order valence-electron chi connectivity index (χ1n) is 8.30. The van der Waals surface area contributed by atoms with Crippen molar-refractivity contribution in [1.29, 1.82) is 0 Å². The molecule has 0 saturated carbocycles. The molecule has 2 fully saturated rings. The summed E-state index contributed by atoms with van der Waals surface area (Å²) in [5.41, 5.74) is -0.513. The molecule has 1 aromatic rings. The molecule has 2 aliphatic rings. The summed E-state index contributed by atoms with van der Waals surface area (Å²) >= 11 is 0. The van der Waals surface area contributed by atoms with Gasteiger partial charge in [0.2, 0.25) is 10.0 Å². The van der Waals surface area contributed by atoms with Gasteiger partial charge in [-0.15, -0.1) is 0 Å². The number of sulfonamides is 1. The van der Waals surface area contributed by atoms with Crippen molar-refractivity contribution in [2.24, 2.45) is 5.41 Å². The summed E-state index contributed by atoms with van der Waals surface area (Å²) in [5.74, 6) is -2.84. The molecule has 0 bridgehead atoms. The summed E-state index contributed by atoms with van der Waals surface area (Å²) < 4.78 is 55.4. The Balaban J connectivity index is 1.84. The zero-order chi connectivity index (χ0) is 17.4. The third kappa shape index (κ3) is 3.01. The Bertz CT molecular complexity index is 684. The van der Waals surface area contributed by atoms with Gasteiger partial charge in [-0.1, -0.05) is 6.92 Å². The number of alkyl halides is 2. The van der Waals surface area contributed by atoms with E-state index < -0.39 is 27.8 Å². The second-order valence-corrected chi connectivity index (χ2v) is 8.86. The maximum atomic E-state index is 14.7. The van der Waals surface area contributed by atoms with Crippen molar-refractivity contribution < 1.29 is 17.2 Å². The van der Waals surface area contributed by atoms with Gasteiger partial charge in [0.15, 0.2) is 0 Å². The van der Waals surface area contributed by atoms with Crippen LogP contribution < -0.4 is 4.90 Å². The molecule has 2 aliphatic heterocycles. The van der Waals surface area contributed by atoms with E-state index in [9.17, 15) is 17.2 Å². The molecule has 1 atom stereocenters. The summed E-state index contributed by atoms with van der Waals surface area (Å²) in [6.07, 6.45) is 3.67. The van der Waals surface area contributed by atoms with Gasteiger partial charge in [0.05, 0.1) is 23.1 Å². The van der Waals surface area contributed by atoms with Crippen molar-refractivity contribution in [2.45, 2.75) is 32.1 Å². The summed E-state index contributed by atoms with van der Waals surface area (Å²) in [6, 6.07) is 3.62. The lowest BCUT2D eigenvalue weighted by atomic mass is 9.76. The monoisotopic (exact) mass is 359 g/mol. The lowest BCUT2D eigenvalue weighted by Gasteiger charge is -2.45. The standard InChI is InChI=1S/C16H23F2N3O2S/c1-2-10-24(22,23)21-9-6-16(17,18)15(13-21)5-8-20(12-15)14-4-3-7-19-11-14/h3-4,7,11H,2,5-6,8-10,12-13H2,1H3/t15-/m1/s1. The highest BCUT2D eigenvalue weighted by atomic mass is 32.2. The molecule has 1 aromatic heterocycles. The van der Waals surface area contributed by atoms with Crippen molar-refractivity contribution >= 4 is 15.7 Å². The Labute approximate surface area is 141 Å². The van der Waals surface area contributed by atoms with Crippen LogP contribution in [0.4, 0.5) is 14.5 Å². The molecule has 24 heavy (non-hydrogen) atoms. The minimum atomic E-state index is -3.46. The summed E-state index contributed by atoms with van der Waals surface area (Å²) in [4.78, 5) is 5.93. The lowest BCUT2D eigenvalue weighted by molar-refractivity contribution is -0.145. The van der Waals surface area contributed by atoms with Gasteiger partial charge in [0, 0.05) is 38.8 Å². The van der Waals surface area contributed by atoms with Crippen LogP contribution in [-0.2, 0) is 10.0 Å². The first kappa shape index (κ1) is 17.5. The Morgan fingerprint density at radius 1 is 1.25 bits per heavy atom. The highest BCUT2D eigenvalue weighted by Gasteiger charge is 2.60. The molecule has 5 nitrogen and oxygen atoms in total. The van der Waals surface area contributed by atoms with Gasteiger partial charge in [-0.25, -0.2) is 21.5 Å². The van der Waals surface area contributed by atoms with E-state index in [-0.39, 0.29) is 31.8 Å². The van der Waals surface area contributed by atoms with Gasteiger partial charge in [-0.2, -0.15) is 0 Å². The van der Waals surface area contributed by atoms with E-state index in [0.717, 1.165) is 5.69 Å². The van der Waals surface area contributed by atoms with E-state index >= 15 is 0 Å². The molecule has 0 N–H and O–H groups in total. The lowest BCUT2D eigenvalue weighted by Crippen LogP contribution is -2.58. The van der Waals surface area contributed by atoms with Crippen LogP contribution in [0.25, 0.3) is 0 Å². The van der Waals surface area contributed by atoms with Crippen LogP contribution in [0.15, 0.2) is 24.5 Å². The number of hydrogen-bond donors (Lipinski definition) is 0. The van der Waals surface area contributed by atoms with E-state index in [4.69, 9.17) is 0 Å². The number of halogens is 2. The van der Waals surface area contributed by atoms with E-state index in [1.54, 1.807) is 25.4 Å². The van der Waals surface area contributed by atoms with Crippen molar-refractivity contribution in [3.05, 3.63) is 24.5 Å². The minimum Gasteiger partial charge on any atom is -0.369 e. The molecule has 0 aromatic carbocycles.